The van der Waals surface area contributed by atoms with E-state index >= 15 is 0 Å². The SMILES string of the molecule is COC(=O)CSc1nc(-c2ccccc2)nc2c1c(=O)n(C)c(=O)n2C. The number of methoxy groups -OCH3 is 1. The summed E-state index contributed by atoms with van der Waals surface area (Å²) in [6.45, 7) is 0. The van der Waals surface area contributed by atoms with E-state index in [9.17, 15) is 14.4 Å². The number of benzene rings is 1. The van der Waals surface area contributed by atoms with Gasteiger partial charge in [-0.1, -0.05) is 42.1 Å². The molecule has 0 N–H and O–H groups in total. The maximum atomic E-state index is 12.6. The molecule has 0 spiro atoms. The number of carbonyl (C=O) groups is 1. The van der Waals surface area contributed by atoms with Gasteiger partial charge in [-0.15, -0.1) is 0 Å². The Bertz CT molecular complexity index is 1110. The van der Waals surface area contributed by atoms with Crippen molar-refractivity contribution in [2.75, 3.05) is 12.9 Å². The molecule has 0 radical (unpaired) electrons. The fourth-order valence-corrected chi connectivity index (χ4v) is 3.28. The third kappa shape index (κ3) is 3.13. The molecular weight excluding hydrogens is 356 g/mol. The van der Waals surface area contributed by atoms with Crippen LogP contribution in [0.3, 0.4) is 0 Å². The molecule has 0 unspecified atom stereocenters. The molecule has 2 heterocycles. The molecule has 0 saturated carbocycles. The van der Waals surface area contributed by atoms with E-state index in [2.05, 4.69) is 14.7 Å². The molecule has 0 saturated heterocycles. The first kappa shape index (κ1) is 17.9. The van der Waals surface area contributed by atoms with Gasteiger partial charge in [-0.25, -0.2) is 14.8 Å². The standard InChI is InChI=1S/C17H16N4O4S/c1-20-14-12(16(23)21(2)17(20)24)15(26-9-11(22)25-3)19-13(18-14)10-7-5-4-6-8-10/h4-8H,9H2,1-3H3. The van der Waals surface area contributed by atoms with E-state index in [0.29, 0.717) is 10.9 Å². The number of thioether (sulfide) groups is 1. The normalized spacial score (nSPS) is 10.9. The number of carbonyl (C=O) groups excluding carboxylic acids is 1. The molecule has 0 amide bonds. The molecule has 0 fully saturated rings. The van der Waals surface area contributed by atoms with E-state index in [0.717, 1.165) is 21.9 Å². The van der Waals surface area contributed by atoms with E-state index in [1.807, 2.05) is 30.3 Å². The molecule has 26 heavy (non-hydrogen) atoms. The van der Waals surface area contributed by atoms with Gasteiger partial charge in [-0.3, -0.25) is 18.7 Å². The van der Waals surface area contributed by atoms with Crippen molar-refractivity contribution in [1.29, 1.82) is 0 Å². The minimum absolute atomic E-state index is 0.0111. The fraction of sp³-hybridized carbons (Fsp3) is 0.235. The third-order valence-corrected chi connectivity index (χ3v) is 4.80. The Hall–Kier alpha value is -2.94. The average Bonchev–Trinajstić information content (AvgIpc) is 2.68. The Kier molecular flexibility index (Phi) is 4.90. The lowest BCUT2D eigenvalue weighted by Gasteiger charge is -2.11. The fourth-order valence-electron chi connectivity index (χ4n) is 2.44. The Morgan fingerprint density at radius 2 is 1.81 bits per heavy atom. The van der Waals surface area contributed by atoms with Gasteiger partial charge in [0.05, 0.1) is 12.9 Å². The molecule has 0 aliphatic carbocycles. The number of rotatable bonds is 4. The second-order valence-electron chi connectivity index (χ2n) is 5.49. The first-order valence-electron chi connectivity index (χ1n) is 7.67. The van der Waals surface area contributed by atoms with E-state index in [1.165, 1.54) is 18.7 Å². The van der Waals surface area contributed by atoms with Gasteiger partial charge in [0.2, 0.25) is 0 Å². The summed E-state index contributed by atoms with van der Waals surface area (Å²) in [4.78, 5) is 45.3. The van der Waals surface area contributed by atoms with Crippen LogP contribution in [0.2, 0.25) is 0 Å². The maximum Gasteiger partial charge on any atom is 0.332 e. The highest BCUT2D eigenvalue weighted by molar-refractivity contribution is 8.00. The van der Waals surface area contributed by atoms with Gasteiger partial charge in [0.15, 0.2) is 11.5 Å². The molecule has 3 rings (SSSR count). The summed E-state index contributed by atoms with van der Waals surface area (Å²) >= 11 is 1.07. The predicted molar refractivity (Wildman–Crippen MR) is 98.2 cm³/mol. The molecule has 0 aliphatic rings. The van der Waals surface area contributed by atoms with Crippen LogP contribution in [0.15, 0.2) is 44.9 Å². The zero-order valence-corrected chi connectivity index (χ0v) is 15.2. The molecule has 0 bridgehead atoms. The molecule has 0 aliphatic heterocycles. The summed E-state index contributed by atoms with van der Waals surface area (Å²) < 4.78 is 6.95. The molecule has 1 aromatic carbocycles. The monoisotopic (exact) mass is 372 g/mol. The van der Waals surface area contributed by atoms with Crippen molar-refractivity contribution in [2.45, 2.75) is 5.03 Å². The predicted octanol–water partition coefficient (Wildman–Crippen LogP) is 0.959. The van der Waals surface area contributed by atoms with Crippen LogP contribution in [0.5, 0.6) is 0 Å². The van der Waals surface area contributed by atoms with Crippen LogP contribution in [-0.2, 0) is 23.6 Å². The van der Waals surface area contributed by atoms with Gasteiger partial charge in [0.25, 0.3) is 5.56 Å². The molecule has 3 aromatic rings. The van der Waals surface area contributed by atoms with Crippen LogP contribution >= 0.6 is 11.8 Å². The van der Waals surface area contributed by atoms with Crippen LogP contribution in [0.1, 0.15) is 0 Å². The van der Waals surface area contributed by atoms with Crippen LogP contribution in [0.25, 0.3) is 22.4 Å². The van der Waals surface area contributed by atoms with Gasteiger partial charge in [0.1, 0.15) is 10.4 Å². The number of hydrogen-bond donors (Lipinski definition) is 0. The van der Waals surface area contributed by atoms with E-state index in [4.69, 9.17) is 0 Å². The highest BCUT2D eigenvalue weighted by Crippen LogP contribution is 2.25. The lowest BCUT2D eigenvalue weighted by atomic mass is 10.2. The van der Waals surface area contributed by atoms with Gasteiger partial charge in [0, 0.05) is 19.7 Å². The van der Waals surface area contributed by atoms with Crippen LogP contribution in [0.4, 0.5) is 0 Å². The summed E-state index contributed by atoms with van der Waals surface area (Å²) in [5, 5.41) is 0.527. The quantitative estimate of drug-likeness (QED) is 0.382. The van der Waals surface area contributed by atoms with Crippen LogP contribution < -0.4 is 11.2 Å². The molecular formula is C17H16N4O4S. The van der Waals surface area contributed by atoms with E-state index in [-0.39, 0.29) is 16.8 Å². The van der Waals surface area contributed by atoms with Crippen molar-refractivity contribution >= 4 is 28.8 Å². The van der Waals surface area contributed by atoms with Crippen molar-refractivity contribution in [2.24, 2.45) is 14.1 Å². The molecule has 0 atom stereocenters. The number of hydrogen-bond acceptors (Lipinski definition) is 7. The maximum absolute atomic E-state index is 12.6. The zero-order chi connectivity index (χ0) is 18.8. The van der Waals surface area contributed by atoms with Crippen molar-refractivity contribution in [1.82, 2.24) is 19.1 Å². The van der Waals surface area contributed by atoms with Crippen molar-refractivity contribution in [3.05, 3.63) is 51.2 Å². The number of ether oxygens (including phenoxy) is 1. The second kappa shape index (κ2) is 7.12. The van der Waals surface area contributed by atoms with Gasteiger partial charge < -0.3 is 4.74 Å². The van der Waals surface area contributed by atoms with Crippen molar-refractivity contribution in [3.63, 3.8) is 0 Å². The van der Waals surface area contributed by atoms with Crippen molar-refractivity contribution < 1.29 is 9.53 Å². The largest absolute Gasteiger partial charge is 0.468 e. The summed E-state index contributed by atoms with van der Waals surface area (Å²) in [5.41, 5.74) is -0.0269. The second-order valence-corrected chi connectivity index (χ2v) is 6.45. The van der Waals surface area contributed by atoms with Crippen molar-refractivity contribution in [3.8, 4) is 11.4 Å². The number of nitrogens with zero attached hydrogens (tertiary/aromatic N) is 4. The first-order valence-corrected chi connectivity index (χ1v) is 8.65. The van der Waals surface area contributed by atoms with Gasteiger partial charge >= 0.3 is 11.7 Å². The summed E-state index contributed by atoms with van der Waals surface area (Å²) in [6, 6.07) is 9.20. The molecule has 134 valence electrons. The summed E-state index contributed by atoms with van der Waals surface area (Å²) in [7, 11) is 4.23. The highest BCUT2D eigenvalue weighted by atomic mass is 32.2. The zero-order valence-electron chi connectivity index (χ0n) is 14.4. The lowest BCUT2D eigenvalue weighted by Crippen LogP contribution is -2.37. The Balaban J connectivity index is 2.32. The average molecular weight is 372 g/mol. The number of aromatic nitrogens is 4. The molecule has 8 nitrogen and oxygen atoms in total. The minimum Gasteiger partial charge on any atom is -0.468 e. The van der Waals surface area contributed by atoms with Gasteiger partial charge in [-0.2, -0.15) is 0 Å². The smallest absolute Gasteiger partial charge is 0.332 e. The molecule has 9 heteroatoms. The minimum atomic E-state index is -0.505. The summed E-state index contributed by atoms with van der Waals surface area (Å²) in [6.07, 6.45) is 0. The lowest BCUT2D eigenvalue weighted by molar-refractivity contribution is -0.137. The topological polar surface area (TPSA) is 96.1 Å². The summed E-state index contributed by atoms with van der Waals surface area (Å²) in [5.74, 6) is -0.0820. The Labute approximate surface area is 152 Å². The van der Waals surface area contributed by atoms with Gasteiger partial charge in [-0.05, 0) is 0 Å². The van der Waals surface area contributed by atoms with E-state index in [1.54, 1.807) is 7.05 Å². The number of fused-ring (bicyclic) bond motifs is 1. The van der Waals surface area contributed by atoms with Crippen LogP contribution in [0, 0.1) is 0 Å². The number of aryl methyl sites for hydroxylation is 1. The first-order chi connectivity index (χ1) is 12.4. The van der Waals surface area contributed by atoms with Crippen LogP contribution in [-0.4, -0.2) is 37.9 Å². The molecule has 2 aromatic heterocycles. The third-order valence-electron chi connectivity index (χ3n) is 3.85. The highest BCUT2D eigenvalue weighted by Gasteiger charge is 2.19. The number of esters is 1. The van der Waals surface area contributed by atoms with E-state index < -0.39 is 17.2 Å². The Morgan fingerprint density at radius 1 is 1.12 bits per heavy atom. The Morgan fingerprint density at radius 3 is 2.46 bits per heavy atom.